The highest BCUT2D eigenvalue weighted by Crippen LogP contribution is 2.34. The minimum atomic E-state index is -0.339. The zero-order chi connectivity index (χ0) is 16.2. The predicted molar refractivity (Wildman–Crippen MR) is 88.5 cm³/mol. The van der Waals surface area contributed by atoms with E-state index in [1.54, 1.807) is 19.2 Å². The van der Waals surface area contributed by atoms with E-state index in [2.05, 4.69) is 17.0 Å². The lowest BCUT2D eigenvalue weighted by Crippen LogP contribution is -2.22. The molecule has 0 radical (unpaired) electrons. The van der Waals surface area contributed by atoms with Gasteiger partial charge in [0.15, 0.2) is 0 Å². The molecule has 2 aromatic carbocycles. The molecule has 0 N–H and O–H groups in total. The number of methoxy groups -OCH3 is 1. The van der Waals surface area contributed by atoms with E-state index in [0.717, 1.165) is 37.2 Å². The second kappa shape index (κ2) is 6.79. The van der Waals surface area contributed by atoms with E-state index in [0.29, 0.717) is 6.04 Å². The first-order valence-electron chi connectivity index (χ1n) is 7.78. The van der Waals surface area contributed by atoms with Gasteiger partial charge in [0.2, 0.25) is 0 Å². The monoisotopic (exact) mass is 312 g/mol. The van der Waals surface area contributed by atoms with Gasteiger partial charge in [-0.1, -0.05) is 24.3 Å². The van der Waals surface area contributed by atoms with Crippen molar-refractivity contribution < 1.29 is 9.66 Å². The van der Waals surface area contributed by atoms with E-state index >= 15 is 0 Å². The molecule has 0 spiro atoms. The Labute approximate surface area is 135 Å². The van der Waals surface area contributed by atoms with Crippen molar-refractivity contribution in [2.24, 2.45) is 0 Å². The molecule has 1 aliphatic rings. The van der Waals surface area contributed by atoms with E-state index in [9.17, 15) is 10.1 Å². The standard InChI is InChI=1S/C18H20N2O3/c1-23-17-9-7-15(8-10-17)18-6-3-11-19(18)13-14-4-2-5-16(12-14)20(21)22/h2,4-5,7-10,12,18H,3,6,11,13H2,1H3. The van der Waals surface area contributed by atoms with E-state index in [1.165, 1.54) is 11.6 Å². The maximum Gasteiger partial charge on any atom is 0.269 e. The number of hydrogen-bond acceptors (Lipinski definition) is 4. The zero-order valence-corrected chi connectivity index (χ0v) is 13.1. The summed E-state index contributed by atoms with van der Waals surface area (Å²) in [7, 11) is 1.67. The van der Waals surface area contributed by atoms with Gasteiger partial charge in [-0.05, 0) is 42.6 Å². The molecule has 1 heterocycles. The largest absolute Gasteiger partial charge is 0.497 e. The van der Waals surface area contributed by atoms with Gasteiger partial charge < -0.3 is 4.74 Å². The molecule has 1 aliphatic heterocycles. The van der Waals surface area contributed by atoms with Gasteiger partial charge in [0.05, 0.1) is 12.0 Å². The number of nitro benzene ring substituents is 1. The minimum Gasteiger partial charge on any atom is -0.497 e. The van der Waals surface area contributed by atoms with Crippen LogP contribution in [0.15, 0.2) is 48.5 Å². The molecule has 120 valence electrons. The van der Waals surface area contributed by atoms with Crippen LogP contribution in [0.5, 0.6) is 5.75 Å². The normalized spacial score (nSPS) is 18.0. The summed E-state index contributed by atoms with van der Waals surface area (Å²) in [6.45, 7) is 1.75. The molecule has 2 aromatic rings. The predicted octanol–water partition coefficient (Wildman–Crippen LogP) is 3.94. The molecule has 5 nitrogen and oxygen atoms in total. The Kier molecular flexibility index (Phi) is 4.57. The molecule has 3 rings (SSSR count). The molecule has 1 saturated heterocycles. The van der Waals surface area contributed by atoms with Crippen LogP contribution in [0.3, 0.4) is 0 Å². The molecular weight excluding hydrogens is 292 g/mol. The number of benzene rings is 2. The number of likely N-dealkylation sites (tertiary alicyclic amines) is 1. The zero-order valence-electron chi connectivity index (χ0n) is 13.1. The van der Waals surface area contributed by atoms with Crippen LogP contribution in [0.1, 0.15) is 30.0 Å². The van der Waals surface area contributed by atoms with Gasteiger partial charge in [-0.3, -0.25) is 15.0 Å². The highest BCUT2D eigenvalue weighted by Gasteiger charge is 2.26. The molecule has 23 heavy (non-hydrogen) atoms. The van der Waals surface area contributed by atoms with Crippen molar-refractivity contribution in [1.82, 2.24) is 4.90 Å². The van der Waals surface area contributed by atoms with E-state index in [1.807, 2.05) is 18.2 Å². The number of nitro groups is 1. The summed E-state index contributed by atoms with van der Waals surface area (Å²) >= 11 is 0. The molecule has 1 fully saturated rings. The average molecular weight is 312 g/mol. The van der Waals surface area contributed by atoms with Crippen LogP contribution in [0, 0.1) is 10.1 Å². The summed E-state index contributed by atoms with van der Waals surface area (Å²) in [5.41, 5.74) is 2.41. The average Bonchev–Trinajstić information content (AvgIpc) is 3.03. The summed E-state index contributed by atoms with van der Waals surface area (Å²) in [5, 5.41) is 10.9. The fourth-order valence-electron chi connectivity index (χ4n) is 3.22. The van der Waals surface area contributed by atoms with Crippen molar-refractivity contribution in [1.29, 1.82) is 0 Å². The Morgan fingerprint density at radius 1 is 1.26 bits per heavy atom. The number of ether oxygens (including phenoxy) is 1. The highest BCUT2D eigenvalue weighted by atomic mass is 16.6. The topological polar surface area (TPSA) is 55.6 Å². The first-order valence-corrected chi connectivity index (χ1v) is 7.78. The smallest absolute Gasteiger partial charge is 0.269 e. The SMILES string of the molecule is COc1ccc(C2CCCN2Cc2cccc([N+](=O)[O-])c2)cc1. The van der Waals surface area contributed by atoms with Crippen molar-refractivity contribution in [3.05, 3.63) is 69.8 Å². The molecule has 0 amide bonds. The van der Waals surface area contributed by atoms with Gasteiger partial charge in [0.1, 0.15) is 5.75 Å². The van der Waals surface area contributed by atoms with Gasteiger partial charge in [-0.2, -0.15) is 0 Å². The minimum absolute atomic E-state index is 0.155. The number of rotatable bonds is 5. The first-order chi connectivity index (χ1) is 11.2. The van der Waals surface area contributed by atoms with Crippen molar-refractivity contribution in [3.8, 4) is 5.75 Å². The number of non-ortho nitro benzene ring substituents is 1. The molecule has 5 heteroatoms. The third-order valence-corrected chi connectivity index (χ3v) is 4.37. The Bertz CT molecular complexity index is 685. The lowest BCUT2D eigenvalue weighted by Gasteiger charge is -2.25. The van der Waals surface area contributed by atoms with Gasteiger partial charge >= 0.3 is 0 Å². The number of nitrogens with zero attached hydrogens (tertiary/aromatic N) is 2. The van der Waals surface area contributed by atoms with Gasteiger partial charge in [0.25, 0.3) is 5.69 Å². The van der Waals surface area contributed by atoms with Crippen molar-refractivity contribution in [2.45, 2.75) is 25.4 Å². The number of hydrogen-bond donors (Lipinski definition) is 0. The lowest BCUT2D eigenvalue weighted by atomic mass is 10.0. The Hall–Kier alpha value is -2.40. The van der Waals surface area contributed by atoms with Gasteiger partial charge in [0, 0.05) is 24.7 Å². The summed E-state index contributed by atoms with van der Waals surface area (Å²) in [5.74, 6) is 0.858. The fraction of sp³-hybridized carbons (Fsp3) is 0.333. The molecule has 0 aromatic heterocycles. The van der Waals surface area contributed by atoms with Crippen LogP contribution in [-0.4, -0.2) is 23.5 Å². The van der Waals surface area contributed by atoms with Crippen LogP contribution in [0.4, 0.5) is 5.69 Å². The summed E-state index contributed by atoms with van der Waals surface area (Å²) in [6, 6.07) is 15.5. The maximum absolute atomic E-state index is 10.9. The lowest BCUT2D eigenvalue weighted by molar-refractivity contribution is -0.384. The highest BCUT2D eigenvalue weighted by molar-refractivity contribution is 5.35. The van der Waals surface area contributed by atoms with Crippen LogP contribution in [0.25, 0.3) is 0 Å². The molecule has 1 unspecified atom stereocenters. The van der Waals surface area contributed by atoms with Crippen LogP contribution in [0.2, 0.25) is 0 Å². The van der Waals surface area contributed by atoms with Crippen molar-refractivity contribution in [3.63, 3.8) is 0 Å². The quantitative estimate of drug-likeness (QED) is 0.620. The van der Waals surface area contributed by atoms with E-state index < -0.39 is 0 Å². The molecule has 1 atom stereocenters. The van der Waals surface area contributed by atoms with Crippen molar-refractivity contribution in [2.75, 3.05) is 13.7 Å². The second-order valence-electron chi connectivity index (χ2n) is 5.83. The molecule has 0 saturated carbocycles. The maximum atomic E-state index is 10.9. The summed E-state index contributed by atoms with van der Waals surface area (Å²) in [6.07, 6.45) is 2.26. The fourth-order valence-corrected chi connectivity index (χ4v) is 3.22. The summed E-state index contributed by atoms with van der Waals surface area (Å²) in [4.78, 5) is 13.0. The Balaban J connectivity index is 1.76. The summed E-state index contributed by atoms with van der Waals surface area (Å²) < 4.78 is 5.21. The van der Waals surface area contributed by atoms with Gasteiger partial charge in [-0.25, -0.2) is 0 Å². The third-order valence-electron chi connectivity index (χ3n) is 4.37. The van der Waals surface area contributed by atoms with Crippen molar-refractivity contribution >= 4 is 5.69 Å². The molecule has 0 bridgehead atoms. The Morgan fingerprint density at radius 3 is 2.74 bits per heavy atom. The van der Waals surface area contributed by atoms with Crippen LogP contribution >= 0.6 is 0 Å². The first kappa shape index (κ1) is 15.5. The van der Waals surface area contributed by atoms with Crippen LogP contribution < -0.4 is 4.74 Å². The second-order valence-corrected chi connectivity index (χ2v) is 5.83. The van der Waals surface area contributed by atoms with Gasteiger partial charge in [-0.15, -0.1) is 0 Å². The van der Waals surface area contributed by atoms with Crippen LogP contribution in [-0.2, 0) is 6.54 Å². The Morgan fingerprint density at radius 2 is 2.04 bits per heavy atom. The third kappa shape index (κ3) is 3.51. The van der Waals surface area contributed by atoms with E-state index in [-0.39, 0.29) is 10.6 Å². The molecular formula is C18H20N2O3. The molecule has 0 aliphatic carbocycles. The van der Waals surface area contributed by atoms with E-state index in [4.69, 9.17) is 4.74 Å².